The lowest BCUT2D eigenvalue weighted by molar-refractivity contribution is -0.135. The summed E-state index contributed by atoms with van der Waals surface area (Å²) in [6, 6.07) is 6.16. The third kappa shape index (κ3) is 4.23. The molecule has 2 heterocycles. The molecule has 0 aliphatic carbocycles. The van der Waals surface area contributed by atoms with E-state index in [1.807, 2.05) is 19.9 Å². The van der Waals surface area contributed by atoms with Gasteiger partial charge in [0.15, 0.2) is 3.95 Å². The Morgan fingerprint density at radius 2 is 2.07 bits per heavy atom. The van der Waals surface area contributed by atoms with Gasteiger partial charge in [-0.1, -0.05) is 0 Å². The van der Waals surface area contributed by atoms with Crippen molar-refractivity contribution >= 4 is 41.7 Å². The third-order valence-corrected chi connectivity index (χ3v) is 5.14. The van der Waals surface area contributed by atoms with Gasteiger partial charge in [-0.2, -0.15) is 5.10 Å². The van der Waals surface area contributed by atoms with Crippen LogP contribution < -0.4 is 9.88 Å². The minimum atomic E-state index is -0.424. The van der Waals surface area contributed by atoms with Crippen molar-refractivity contribution in [1.29, 1.82) is 0 Å². The molecule has 27 heavy (non-hydrogen) atoms. The Balaban J connectivity index is 2.13. The van der Waals surface area contributed by atoms with Crippen LogP contribution in [-0.2, 0) is 9.53 Å². The number of carbonyl (C=O) groups is 1. The number of thiazole rings is 1. The predicted octanol–water partition coefficient (Wildman–Crippen LogP) is 2.92. The lowest BCUT2D eigenvalue weighted by Crippen LogP contribution is -2.23. The van der Waals surface area contributed by atoms with E-state index in [4.69, 9.17) is 17.0 Å². The molecule has 0 aliphatic heterocycles. The predicted molar refractivity (Wildman–Crippen MR) is 106 cm³/mol. The van der Waals surface area contributed by atoms with Crippen molar-refractivity contribution < 1.29 is 13.9 Å². The highest BCUT2D eigenvalue weighted by Crippen LogP contribution is 2.18. The van der Waals surface area contributed by atoms with Gasteiger partial charge in [-0.05, 0) is 63.3 Å². The van der Waals surface area contributed by atoms with E-state index in [-0.39, 0.29) is 5.82 Å². The Kier molecular flexibility index (Phi) is 5.67. The number of nitrogens with one attached hydrogen (secondary N) is 1. The summed E-state index contributed by atoms with van der Waals surface area (Å²) in [7, 11) is 0. The lowest BCUT2D eigenvalue weighted by atomic mass is 10.2. The first-order valence-electron chi connectivity index (χ1n) is 8.30. The first kappa shape index (κ1) is 19.2. The molecule has 2 aromatic heterocycles. The quantitative estimate of drug-likeness (QED) is 0.538. The van der Waals surface area contributed by atoms with Gasteiger partial charge in [-0.25, -0.2) is 13.9 Å². The molecule has 0 fully saturated rings. The Labute approximate surface area is 164 Å². The van der Waals surface area contributed by atoms with Gasteiger partial charge in [0, 0.05) is 17.3 Å². The van der Waals surface area contributed by atoms with Gasteiger partial charge in [-0.3, -0.25) is 0 Å². The van der Waals surface area contributed by atoms with Crippen molar-refractivity contribution in [2.24, 2.45) is 0 Å². The topological polar surface area (TPSA) is 59.9 Å². The number of nitrogens with zero attached hydrogens (tertiary/aromatic N) is 2. The van der Waals surface area contributed by atoms with Gasteiger partial charge >= 0.3 is 5.97 Å². The zero-order valence-corrected chi connectivity index (χ0v) is 16.7. The standard InChI is InChI=1S/C19H18FN3O2S2/c1-4-25-18(24)10-16-17(27-19(26)21-16)9-15-11(2)22-23(12(15)3)14-7-5-13(20)6-8-14/h5-10H,4H2,1-3H3,(H,21,26)/b16-10-,17-9-. The van der Waals surface area contributed by atoms with E-state index >= 15 is 0 Å². The Hall–Kier alpha value is -2.58. The van der Waals surface area contributed by atoms with Crippen molar-refractivity contribution in [2.75, 3.05) is 6.61 Å². The highest BCUT2D eigenvalue weighted by Gasteiger charge is 2.11. The summed E-state index contributed by atoms with van der Waals surface area (Å²) in [6.07, 6.45) is 3.34. The monoisotopic (exact) mass is 403 g/mol. The van der Waals surface area contributed by atoms with E-state index in [0.717, 1.165) is 27.2 Å². The molecule has 0 amide bonds. The molecular formula is C19H18FN3O2S2. The molecule has 0 aliphatic rings. The van der Waals surface area contributed by atoms with Crippen molar-refractivity contribution in [3.8, 4) is 5.69 Å². The molecule has 1 aromatic carbocycles. The number of carbonyl (C=O) groups excluding carboxylic acids is 1. The SMILES string of the molecule is CCOC(=O)/C=c1\[nH]c(=S)s\c1=C/c1c(C)nn(-c2ccc(F)cc2)c1C. The average Bonchev–Trinajstić information content (AvgIpc) is 3.10. The molecular weight excluding hydrogens is 385 g/mol. The maximum Gasteiger partial charge on any atom is 0.332 e. The number of aryl methyl sites for hydroxylation is 1. The smallest absolute Gasteiger partial charge is 0.332 e. The average molecular weight is 404 g/mol. The Morgan fingerprint density at radius 1 is 1.37 bits per heavy atom. The summed E-state index contributed by atoms with van der Waals surface area (Å²) in [5, 5.41) is 5.17. The number of hydrogen-bond donors (Lipinski definition) is 1. The fourth-order valence-corrected chi connectivity index (χ4v) is 3.83. The van der Waals surface area contributed by atoms with Gasteiger partial charge in [0.25, 0.3) is 0 Å². The number of H-pyrrole nitrogens is 1. The van der Waals surface area contributed by atoms with E-state index < -0.39 is 5.97 Å². The fourth-order valence-electron chi connectivity index (χ4n) is 2.70. The maximum atomic E-state index is 13.2. The molecule has 0 bridgehead atoms. The van der Waals surface area contributed by atoms with Crippen LogP contribution in [0.25, 0.3) is 17.8 Å². The van der Waals surface area contributed by atoms with Crippen LogP contribution in [0.5, 0.6) is 0 Å². The second-order valence-electron chi connectivity index (χ2n) is 5.81. The van der Waals surface area contributed by atoms with E-state index in [1.165, 1.54) is 29.5 Å². The zero-order chi connectivity index (χ0) is 19.6. The summed E-state index contributed by atoms with van der Waals surface area (Å²) in [5.41, 5.74) is 3.42. The summed E-state index contributed by atoms with van der Waals surface area (Å²) < 4.78 is 21.3. The van der Waals surface area contributed by atoms with Crippen LogP contribution in [0.1, 0.15) is 23.9 Å². The number of halogens is 1. The normalized spacial score (nSPS) is 12.6. The highest BCUT2D eigenvalue weighted by atomic mass is 32.1. The summed E-state index contributed by atoms with van der Waals surface area (Å²) in [6.45, 7) is 5.91. The molecule has 5 nitrogen and oxygen atoms in total. The van der Waals surface area contributed by atoms with Crippen molar-refractivity contribution in [3.63, 3.8) is 0 Å². The van der Waals surface area contributed by atoms with Gasteiger partial charge in [0.2, 0.25) is 0 Å². The molecule has 3 rings (SSSR count). The van der Waals surface area contributed by atoms with E-state index in [1.54, 1.807) is 23.7 Å². The van der Waals surface area contributed by atoms with E-state index in [0.29, 0.717) is 15.9 Å². The lowest BCUT2D eigenvalue weighted by Gasteiger charge is -2.04. The van der Waals surface area contributed by atoms with Gasteiger partial charge in [-0.15, -0.1) is 11.3 Å². The molecule has 0 unspecified atom stereocenters. The van der Waals surface area contributed by atoms with Gasteiger partial charge in [0.05, 0.1) is 27.9 Å². The molecule has 0 atom stereocenters. The Bertz CT molecular complexity index is 1160. The number of rotatable bonds is 4. The second kappa shape index (κ2) is 7.98. The minimum absolute atomic E-state index is 0.293. The van der Waals surface area contributed by atoms with Crippen LogP contribution in [0.3, 0.4) is 0 Å². The number of ether oxygens (including phenoxy) is 1. The molecule has 3 aromatic rings. The molecule has 0 saturated heterocycles. The van der Waals surface area contributed by atoms with Crippen molar-refractivity contribution in [2.45, 2.75) is 20.8 Å². The fraction of sp³-hybridized carbons (Fsp3) is 0.211. The zero-order valence-electron chi connectivity index (χ0n) is 15.1. The minimum Gasteiger partial charge on any atom is -0.463 e. The van der Waals surface area contributed by atoms with Crippen LogP contribution >= 0.6 is 23.6 Å². The number of aromatic nitrogens is 3. The summed E-state index contributed by atoms with van der Waals surface area (Å²) in [5.74, 6) is -0.718. The number of benzene rings is 1. The molecule has 0 saturated carbocycles. The van der Waals surface area contributed by atoms with Gasteiger partial charge in [0.1, 0.15) is 5.82 Å². The number of hydrogen-bond acceptors (Lipinski definition) is 5. The Morgan fingerprint density at radius 3 is 2.74 bits per heavy atom. The van der Waals surface area contributed by atoms with Crippen LogP contribution in [0, 0.1) is 23.6 Å². The molecule has 8 heteroatoms. The largest absolute Gasteiger partial charge is 0.463 e. The van der Waals surface area contributed by atoms with Crippen LogP contribution in [0.15, 0.2) is 24.3 Å². The molecule has 1 N–H and O–H groups in total. The highest BCUT2D eigenvalue weighted by molar-refractivity contribution is 7.73. The first-order valence-corrected chi connectivity index (χ1v) is 9.53. The summed E-state index contributed by atoms with van der Waals surface area (Å²) >= 11 is 6.60. The molecule has 0 spiro atoms. The van der Waals surface area contributed by atoms with E-state index in [9.17, 15) is 9.18 Å². The van der Waals surface area contributed by atoms with Crippen LogP contribution in [-0.4, -0.2) is 27.3 Å². The first-order chi connectivity index (χ1) is 12.9. The van der Waals surface area contributed by atoms with Gasteiger partial charge < -0.3 is 9.72 Å². The number of esters is 1. The maximum absolute atomic E-state index is 13.2. The van der Waals surface area contributed by atoms with Crippen LogP contribution in [0.2, 0.25) is 0 Å². The van der Waals surface area contributed by atoms with E-state index in [2.05, 4.69) is 10.1 Å². The summed E-state index contributed by atoms with van der Waals surface area (Å²) in [4.78, 5) is 14.8. The number of aromatic amines is 1. The second-order valence-corrected chi connectivity index (χ2v) is 7.52. The third-order valence-electron chi connectivity index (χ3n) is 3.95. The van der Waals surface area contributed by atoms with Crippen molar-refractivity contribution in [3.05, 3.63) is 60.9 Å². The molecule has 0 radical (unpaired) electrons. The van der Waals surface area contributed by atoms with Crippen molar-refractivity contribution in [1.82, 2.24) is 14.8 Å². The van der Waals surface area contributed by atoms with Crippen LogP contribution in [0.4, 0.5) is 4.39 Å². The molecule has 140 valence electrons.